The van der Waals surface area contributed by atoms with Crippen LogP contribution < -0.4 is 10.1 Å². The Bertz CT molecular complexity index is 467. The molecule has 0 aliphatic carbocycles. The highest BCUT2D eigenvalue weighted by atomic mass is 35.5. The van der Waals surface area contributed by atoms with Crippen LogP contribution in [0.3, 0.4) is 0 Å². The van der Waals surface area contributed by atoms with Crippen LogP contribution in [0, 0.1) is 5.92 Å². The van der Waals surface area contributed by atoms with Gasteiger partial charge in [-0.2, -0.15) is 0 Å². The van der Waals surface area contributed by atoms with Crippen LogP contribution in [-0.2, 0) is 4.74 Å². The normalized spacial score (nSPS) is 23.9. The van der Waals surface area contributed by atoms with Crippen LogP contribution in [0.15, 0.2) is 12.1 Å². The summed E-state index contributed by atoms with van der Waals surface area (Å²) in [6.45, 7) is 5.39. The number of benzene rings is 1. The highest BCUT2D eigenvalue weighted by molar-refractivity contribution is 6.34. The van der Waals surface area contributed by atoms with Gasteiger partial charge in [-0.1, -0.05) is 23.2 Å². The van der Waals surface area contributed by atoms with Gasteiger partial charge in [-0.15, -0.1) is 0 Å². The summed E-state index contributed by atoms with van der Waals surface area (Å²) in [5.74, 6) is 1.03. The Kier molecular flexibility index (Phi) is 5.56. The summed E-state index contributed by atoms with van der Waals surface area (Å²) in [7, 11) is 1.94. The van der Waals surface area contributed by atoms with Crippen LogP contribution in [-0.4, -0.2) is 26.4 Å². The summed E-state index contributed by atoms with van der Waals surface area (Å²) in [6, 6.07) is 3.84. The zero-order chi connectivity index (χ0) is 14.7. The Morgan fingerprint density at radius 2 is 2.15 bits per heavy atom. The lowest BCUT2D eigenvalue weighted by Gasteiger charge is -2.27. The van der Waals surface area contributed by atoms with Crippen LogP contribution in [0.25, 0.3) is 0 Å². The maximum Gasteiger partial charge on any atom is 0.139 e. The number of hydrogen-bond acceptors (Lipinski definition) is 3. The molecule has 1 heterocycles. The zero-order valence-electron chi connectivity index (χ0n) is 12.1. The molecule has 0 aromatic heterocycles. The summed E-state index contributed by atoms with van der Waals surface area (Å²) < 4.78 is 11.1. The van der Waals surface area contributed by atoms with E-state index in [1.54, 1.807) is 6.07 Å². The molecule has 3 unspecified atom stereocenters. The monoisotopic (exact) mass is 317 g/mol. The standard InChI is InChI=1S/C15H21Cl2NO2/c1-4-19-14-8-12(16)11(7-13(14)17)15(18-3)10-5-6-20-9(10)2/h7-10,15,18H,4-6H2,1-3H3. The molecule has 1 aromatic carbocycles. The summed E-state index contributed by atoms with van der Waals surface area (Å²) >= 11 is 12.7. The van der Waals surface area contributed by atoms with E-state index in [4.69, 9.17) is 32.7 Å². The molecule has 5 heteroatoms. The van der Waals surface area contributed by atoms with E-state index in [1.165, 1.54) is 0 Å². The largest absolute Gasteiger partial charge is 0.492 e. The van der Waals surface area contributed by atoms with E-state index in [0.717, 1.165) is 18.6 Å². The van der Waals surface area contributed by atoms with Crippen molar-refractivity contribution < 1.29 is 9.47 Å². The van der Waals surface area contributed by atoms with Gasteiger partial charge in [-0.3, -0.25) is 0 Å². The van der Waals surface area contributed by atoms with Crippen molar-refractivity contribution in [2.24, 2.45) is 5.92 Å². The Morgan fingerprint density at radius 3 is 2.70 bits per heavy atom. The summed E-state index contributed by atoms with van der Waals surface area (Å²) in [4.78, 5) is 0. The second-order valence-corrected chi connectivity index (χ2v) is 5.85. The lowest BCUT2D eigenvalue weighted by Crippen LogP contribution is -2.29. The highest BCUT2D eigenvalue weighted by Crippen LogP contribution is 2.40. The fourth-order valence-electron chi connectivity index (χ4n) is 2.83. The minimum atomic E-state index is 0.133. The Morgan fingerprint density at radius 1 is 1.40 bits per heavy atom. The molecule has 0 saturated carbocycles. The molecule has 2 rings (SSSR count). The molecule has 0 bridgehead atoms. The average Bonchev–Trinajstić information content (AvgIpc) is 2.83. The van der Waals surface area contributed by atoms with E-state index in [9.17, 15) is 0 Å². The Labute approximate surface area is 130 Å². The molecule has 3 nitrogen and oxygen atoms in total. The highest BCUT2D eigenvalue weighted by Gasteiger charge is 2.33. The number of hydrogen-bond donors (Lipinski definition) is 1. The van der Waals surface area contributed by atoms with Gasteiger partial charge in [-0.05, 0) is 38.9 Å². The van der Waals surface area contributed by atoms with Crippen molar-refractivity contribution in [3.8, 4) is 5.75 Å². The zero-order valence-corrected chi connectivity index (χ0v) is 13.6. The van der Waals surface area contributed by atoms with E-state index < -0.39 is 0 Å². The molecule has 1 aliphatic heterocycles. The van der Waals surface area contributed by atoms with E-state index in [1.807, 2.05) is 20.0 Å². The number of nitrogens with one attached hydrogen (secondary N) is 1. The fraction of sp³-hybridized carbons (Fsp3) is 0.600. The van der Waals surface area contributed by atoms with Crippen LogP contribution >= 0.6 is 23.2 Å². The molecule has 0 radical (unpaired) electrons. The third-order valence-electron chi connectivity index (χ3n) is 3.86. The van der Waals surface area contributed by atoms with Gasteiger partial charge < -0.3 is 14.8 Å². The van der Waals surface area contributed by atoms with Crippen molar-refractivity contribution in [1.29, 1.82) is 0 Å². The van der Waals surface area contributed by atoms with Crippen molar-refractivity contribution in [3.05, 3.63) is 27.7 Å². The Balaban J connectivity index is 2.32. The average molecular weight is 318 g/mol. The number of rotatable bonds is 5. The fourth-order valence-corrected chi connectivity index (χ4v) is 3.33. The van der Waals surface area contributed by atoms with E-state index in [-0.39, 0.29) is 12.1 Å². The second kappa shape index (κ2) is 6.99. The van der Waals surface area contributed by atoms with E-state index in [0.29, 0.717) is 28.3 Å². The molecular formula is C15H21Cl2NO2. The summed E-state index contributed by atoms with van der Waals surface area (Å²) in [5, 5.41) is 4.62. The maximum atomic E-state index is 6.42. The second-order valence-electron chi connectivity index (χ2n) is 5.03. The van der Waals surface area contributed by atoms with Gasteiger partial charge in [0, 0.05) is 29.7 Å². The van der Waals surface area contributed by atoms with Crippen LogP contribution in [0.5, 0.6) is 5.75 Å². The molecule has 1 fully saturated rings. The first-order valence-electron chi connectivity index (χ1n) is 6.99. The van der Waals surface area contributed by atoms with Crippen molar-refractivity contribution >= 4 is 23.2 Å². The molecule has 0 amide bonds. The topological polar surface area (TPSA) is 30.5 Å². The molecule has 3 atom stereocenters. The first-order chi connectivity index (χ1) is 9.58. The molecule has 1 aliphatic rings. The molecule has 20 heavy (non-hydrogen) atoms. The van der Waals surface area contributed by atoms with Gasteiger partial charge in [0.15, 0.2) is 0 Å². The van der Waals surface area contributed by atoms with Gasteiger partial charge in [-0.25, -0.2) is 0 Å². The van der Waals surface area contributed by atoms with Crippen molar-refractivity contribution in [1.82, 2.24) is 5.32 Å². The predicted molar refractivity (Wildman–Crippen MR) is 83.0 cm³/mol. The third-order valence-corrected chi connectivity index (χ3v) is 4.48. The lowest BCUT2D eigenvalue weighted by molar-refractivity contribution is 0.0963. The van der Waals surface area contributed by atoms with Gasteiger partial charge in [0.2, 0.25) is 0 Å². The van der Waals surface area contributed by atoms with Crippen LogP contribution in [0.2, 0.25) is 10.0 Å². The lowest BCUT2D eigenvalue weighted by atomic mass is 9.88. The SMILES string of the molecule is CCOc1cc(Cl)c(C(NC)C2CCOC2C)cc1Cl. The molecule has 1 N–H and O–H groups in total. The van der Waals surface area contributed by atoms with E-state index >= 15 is 0 Å². The van der Waals surface area contributed by atoms with Crippen molar-refractivity contribution in [3.63, 3.8) is 0 Å². The van der Waals surface area contributed by atoms with Gasteiger partial charge in [0.25, 0.3) is 0 Å². The van der Waals surface area contributed by atoms with Gasteiger partial charge in [0.1, 0.15) is 5.75 Å². The molecule has 1 saturated heterocycles. The molecular weight excluding hydrogens is 297 g/mol. The molecule has 1 aromatic rings. The van der Waals surface area contributed by atoms with Crippen molar-refractivity contribution in [2.45, 2.75) is 32.4 Å². The van der Waals surface area contributed by atoms with Gasteiger partial charge in [0.05, 0.1) is 17.7 Å². The van der Waals surface area contributed by atoms with Crippen molar-refractivity contribution in [2.75, 3.05) is 20.3 Å². The molecule has 112 valence electrons. The third kappa shape index (κ3) is 3.22. The molecule has 0 spiro atoms. The Hall–Kier alpha value is -0.480. The first-order valence-corrected chi connectivity index (χ1v) is 7.74. The van der Waals surface area contributed by atoms with Gasteiger partial charge >= 0.3 is 0 Å². The minimum Gasteiger partial charge on any atom is -0.492 e. The van der Waals surface area contributed by atoms with E-state index in [2.05, 4.69) is 12.2 Å². The minimum absolute atomic E-state index is 0.133. The predicted octanol–water partition coefficient (Wildman–Crippen LogP) is 4.08. The first kappa shape index (κ1) is 15.9. The smallest absolute Gasteiger partial charge is 0.139 e. The number of ether oxygens (including phenoxy) is 2. The summed E-state index contributed by atoms with van der Waals surface area (Å²) in [5.41, 5.74) is 1.00. The quantitative estimate of drug-likeness (QED) is 0.887. The summed E-state index contributed by atoms with van der Waals surface area (Å²) in [6.07, 6.45) is 1.24. The number of halogens is 2. The van der Waals surface area contributed by atoms with Crippen LogP contribution in [0.4, 0.5) is 0 Å². The maximum absolute atomic E-state index is 6.42. The van der Waals surface area contributed by atoms with Crippen LogP contribution in [0.1, 0.15) is 31.9 Å².